The minimum absolute atomic E-state index is 0.00290. The number of benzene rings is 2. The SMILES string of the molecule is CCOc1ccc(N2C=CCc3cc(C(=O)N4CCC(F)CC4)ccc32)cc1. The fraction of sp³-hybridized carbons (Fsp3) is 0.348. The predicted octanol–water partition coefficient (Wildman–Crippen LogP) is 4.87. The summed E-state index contributed by atoms with van der Waals surface area (Å²) in [5.41, 5.74) is 3.91. The fourth-order valence-electron chi connectivity index (χ4n) is 3.81. The molecule has 4 nitrogen and oxygen atoms in total. The van der Waals surface area contributed by atoms with Crippen molar-refractivity contribution < 1.29 is 13.9 Å². The Morgan fingerprint density at radius 3 is 2.61 bits per heavy atom. The van der Waals surface area contributed by atoms with Gasteiger partial charge in [0.2, 0.25) is 0 Å². The molecule has 1 amide bonds. The molecule has 2 aromatic carbocycles. The van der Waals surface area contributed by atoms with Crippen molar-refractivity contribution in [3.05, 3.63) is 65.9 Å². The van der Waals surface area contributed by atoms with Crippen molar-refractivity contribution >= 4 is 17.3 Å². The minimum Gasteiger partial charge on any atom is -0.494 e. The number of hydrogen-bond donors (Lipinski definition) is 0. The zero-order chi connectivity index (χ0) is 19.5. The van der Waals surface area contributed by atoms with E-state index in [1.54, 1.807) is 4.90 Å². The Morgan fingerprint density at radius 2 is 1.89 bits per heavy atom. The van der Waals surface area contributed by atoms with Crippen LogP contribution in [0.1, 0.15) is 35.7 Å². The Kier molecular flexibility index (Phi) is 5.33. The van der Waals surface area contributed by atoms with Gasteiger partial charge in [0, 0.05) is 36.2 Å². The molecule has 0 N–H and O–H groups in total. The second-order valence-corrected chi connectivity index (χ2v) is 7.20. The van der Waals surface area contributed by atoms with E-state index in [0.717, 1.165) is 29.1 Å². The van der Waals surface area contributed by atoms with Crippen LogP contribution in [0.5, 0.6) is 5.75 Å². The van der Waals surface area contributed by atoms with Crippen LogP contribution in [0.25, 0.3) is 0 Å². The number of halogens is 1. The summed E-state index contributed by atoms with van der Waals surface area (Å²) in [7, 11) is 0. The highest BCUT2D eigenvalue weighted by atomic mass is 19.1. The number of nitrogens with zero attached hydrogens (tertiary/aromatic N) is 2. The third-order valence-electron chi connectivity index (χ3n) is 5.32. The average molecular weight is 380 g/mol. The van der Waals surface area contributed by atoms with Gasteiger partial charge in [-0.15, -0.1) is 0 Å². The van der Waals surface area contributed by atoms with Gasteiger partial charge in [-0.3, -0.25) is 4.79 Å². The Bertz CT molecular complexity index is 871. The molecule has 0 spiro atoms. The van der Waals surface area contributed by atoms with Gasteiger partial charge in [0.05, 0.1) is 6.61 Å². The van der Waals surface area contributed by atoms with Crippen molar-refractivity contribution in [2.24, 2.45) is 0 Å². The Labute approximate surface area is 165 Å². The maximum atomic E-state index is 13.4. The van der Waals surface area contributed by atoms with Gasteiger partial charge in [-0.05, 0) is 74.2 Å². The van der Waals surface area contributed by atoms with Crippen LogP contribution in [-0.4, -0.2) is 36.7 Å². The van der Waals surface area contributed by atoms with E-state index in [-0.39, 0.29) is 5.91 Å². The molecule has 2 aromatic rings. The zero-order valence-corrected chi connectivity index (χ0v) is 16.1. The van der Waals surface area contributed by atoms with Crippen LogP contribution >= 0.6 is 0 Å². The third kappa shape index (κ3) is 3.75. The molecule has 2 aliphatic rings. The monoisotopic (exact) mass is 380 g/mol. The first-order valence-electron chi connectivity index (χ1n) is 9.90. The molecule has 146 valence electrons. The molecule has 2 aliphatic heterocycles. The fourth-order valence-corrected chi connectivity index (χ4v) is 3.81. The highest BCUT2D eigenvalue weighted by Gasteiger charge is 2.24. The number of fused-ring (bicyclic) bond motifs is 1. The molecule has 4 rings (SSSR count). The van der Waals surface area contributed by atoms with Crippen molar-refractivity contribution in [2.45, 2.75) is 32.4 Å². The summed E-state index contributed by atoms with van der Waals surface area (Å²) < 4.78 is 18.9. The molecule has 1 saturated heterocycles. The highest BCUT2D eigenvalue weighted by molar-refractivity contribution is 5.95. The summed E-state index contributed by atoms with van der Waals surface area (Å²) in [6.45, 7) is 3.60. The van der Waals surface area contributed by atoms with Gasteiger partial charge in [0.15, 0.2) is 0 Å². The van der Waals surface area contributed by atoms with Crippen LogP contribution in [0.3, 0.4) is 0 Å². The van der Waals surface area contributed by atoms with E-state index in [1.807, 2.05) is 49.4 Å². The molecule has 1 fully saturated rings. The van der Waals surface area contributed by atoms with Gasteiger partial charge in [-0.1, -0.05) is 6.08 Å². The summed E-state index contributed by atoms with van der Waals surface area (Å²) in [4.78, 5) is 16.7. The van der Waals surface area contributed by atoms with Crippen LogP contribution in [-0.2, 0) is 6.42 Å². The van der Waals surface area contributed by atoms with E-state index in [2.05, 4.69) is 17.2 Å². The van der Waals surface area contributed by atoms with E-state index in [9.17, 15) is 9.18 Å². The molecule has 0 unspecified atom stereocenters. The smallest absolute Gasteiger partial charge is 0.253 e. The maximum absolute atomic E-state index is 13.4. The van der Waals surface area contributed by atoms with E-state index in [4.69, 9.17) is 4.74 Å². The summed E-state index contributed by atoms with van der Waals surface area (Å²) in [5, 5.41) is 0. The molecule has 0 atom stereocenters. The third-order valence-corrected chi connectivity index (χ3v) is 5.32. The second kappa shape index (κ2) is 8.05. The number of piperidine rings is 1. The lowest BCUT2D eigenvalue weighted by atomic mass is 10.0. The molecule has 0 bridgehead atoms. The first-order valence-corrected chi connectivity index (χ1v) is 9.90. The number of amides is 1. The van der Waals surface area contributed by atoms with E-state index >= 15 is 0 Å². The first kappa shape index (κ1) is 18.5. The van der Waals surface area contributed by atoms with Crippen molar-refractivity contribution in [3.8, 4) is 5.75 Å². The van der Waals surface area contributed by atoms with Crippen LogP contribution in [0.4, 0.5) is 15.8 Å². The number of alkyl halides is 1. The molecule has 0 aromatic heterocycles. The van der Waals surface area contributed by atoms with Gasteiger partial charge in [0.1, 0.15) is 11.9 Å². The van der Waals surface area contributed by atoms with Crippen molar-refractivity contribution in [3.63, 3.8) is 0 Å². The number of likely N-dealkylation sites (tertiary alicyclic amines) is 1. The summed E-state index contributed by atoms with van der Waals surface area (Å²) in [6.07, 6.45) is 5.04. The van der Waals surface area contributed by atoms with Gasteiger partial charge in [-0.2, -0.15) is 0 Å². The Morgan fingerprint density at radius 1 is 1.14 bits per heavy atom. The topological polar surface area (TPSA) is 32.8 Å². The van der Waals surface area contributed by atoms with E-state index < -0.39 is 6.17 Å². The zero-order valence-electron chi connectivity index (χ0n) is 16.1. The van der Waals surface area contributed by atoms with Crippen molar-refractivity contribution in [1.29, 1.82) is 0 Å². The van der Waals surface area contributed by atoms with Crippen LogP contribution in [0, 0.1) is 0 Å². The van der Waals surface area contributed by atoms with Crippen molar-refractivity contribution in [1.82, 2.24) is 4.90 Å². The average Bonchev–Trinajstić information content (AvgIpc) is 2.74. The Balaban J connectivity index is 1.55. The summed E-state index contributed by atoms with van der Waals surface area (Å²) in [6, 6.07) is 13.9. The minimum atomic E-state index is -0.777. The van der Waals surface area contributed by atoms with Crippen LogP contribution < -0.4 is 9.64 Å². The molecule has 2 heterocycles. The number of carbonyl (C=O) groups is 1. The molecular weight excluding hydrogens is 355 g/mol. The molecule has 5 heteroatoms. The normalized spacial score (nSPS) is 16.8. The maximum Gasteiger partial charge on any atom is 0.253 e. The standard InChI is InChI=1S/C23H25FN2O2/c1-2-28-21-8-6-20(7-9-21)26-13-3-4-17-16-18(5-10-22(17)26)23(27)25-14-11-19(24)12-15-25/h3,5-10,13,16,19H,2,4,11-12,14-15H2,1H3. The number of allylic oxidation sites excluding steroid dienone is 1. The van der Waals surface area contributed by atoms with Crippen LogP contribution in [0.15, 0.2) is 54.7 Å². The summed E-state index contributed by atoms with van der Waals surface area (Å²) >= 11 is 0. The van der Waals surface area contributed by atoms with Gasteiger partial charge in [0.25, 0.3) is 5.91 Å². The number of hydrogen-bond acceptors (Lipinski definition) is 3. The second-order valence-electron chi connectivity index (χ2n) is 7.20. The van der Waals surface area contributed by atoms with Crippen molar-refractivity contribution in [2.75, 3.05) is 24.6 Å². The van der Waals surface area contributed by atoms with Gasteiger partial charge < -0.3 is 14.5 Å². The number of anilines is 2. The predicted molar refractivity (Wildman–Crippen MR) is 109 cm³/mol. The quantitative estimate of drug-likeness (QED) is 0.759. The number of rotatable bonds is 4. The number of carbonyl (C=O) groups excluding carboxylic acids is 1. The molecule has 0 aliphatic carbocycles. The largest absolute Gasteiger partial charge is 0.494 e. The molecule has 0 radical (unpaired) electrons. The summed E-state index contributed by atoms with van der Waals surface area (Å²) in [5.74, 6) is 0.849. The highest BCUT2D eigenvalue weighted by Crippen LogP contribution is 2.34. The Hall–Kier alpha value is -2.82. The van der Waals surface area contributed by atoms with Gasteiger partial charge in [-0.25, -0.2) is 4.39 Å². The lowest BCUT2D eigenvalue weighted by Gasteiger charge is -2.30. The molecule has 0 saturated carbocycles. The van der Waals surface area contributed by atoms with E-state index in [0.29, 0.717) is 38.1 Å². The van der Waals surface area contributed by atoms with Gasteiger partial charge >= 0.3 is 0 Å². The van der Waals surface area contributed by atoms with E-state index in [1.165, 1.54) is 0 Å². The molecule has 28 heavy (non-hydrogen) atoms. The molecular formula is C23H25FN2O2. The number of ether oxygens (including phenoxy) is 1. The first-order chi connectivity index (χ1) is 13.7. The lowest BCUT2D eigenvalue weighted by molar-refractivity contribution is 0.0667. The lowest BCUT2D eigenvalue weighted by Crippen LogP contribution is -2.39. The van der Waals surface area contributed by atoms with Crippen LogP contribution in [0.2, 0.25) is 0 Å².